The summed E-state index contributed by atoms with van der Waals surface area (Å²) in [5.41, 5.74) is 6.44. The quantitative estimate of drug-likeness (QED) is 0.795. The highest BCUT2D eigenvalue weighted by Crippen LogP contribution is 2.55. The van der Waals surface area contributed by atoms with Crippen LogP contribution in [0.2, 0.25) is 0 Å². The smallest absolute Gasteiger partial charge is 0.0991 e. The molecule has 0 unspecified atom stereocenters. The zero-order valence-electron chi connectivity index (χ0n) is 14.8. The summed E-state index contributed by atoms with van der Waals surface area (Å²) in [6.07, 6.45) is 14.1. The molecule has 24 heavy (non-hydrogen) atoms. The van der Waals surface area contributed by atoms with Crippen LogP contribution in [0.5, 0.6) is 0 Å². The molecular formula is C21H27N3. The van der Waals surface area contributed by atoms with Crippen molar-refractivity contribution in [3.05, 3.63) is 47.5 Å². The number of likely N-dealkylation sites (tertiary alicyclic amines) is 1. The first-order valence-electron chi connectivity index (χ1n) is 9.52. The minimum atomic E-state index is 0.460. The molecule has 2 heterocycles. The maximum atomic E-state index is 4.24. The van der Waals surface area contributed by atoms with Crippen molar-refractivity contribution in [2.24, 2.45) is 5.92 Å². The number of aromatic nitrogens is 2. The zero-order valence-corrected chi connectivity index (χ0v) is 14.8. The molecule has 2 aliphatic carbocycles. The highest BCUT2D eigenvalue weighted by molar-refractivity contribution is 5.52. The summed E-state index contributed by atoms with van der Waals surface area (Å²) in [5, 5.41) is 0. The number of nitrogens with zero attached hydrogens (tertiary/aromatic N) is 3. The van der Waals surface area contributed by atoms with Crippen LogP contribution >= 0.6 is 0 Å². The van der Waals surface area contributed by atoms with Crippen molar-refractivity contribution in [1.29, 1.82) is 0 Å². The first-order chi connectivity index (χ1) is 11.7. The number of fused-ring (bicyclic) bond motifs is 1. The van der Waals surface area contributed by atoms with Gasteiger partial charge in [-0.1, -0.05) is 18.9 Å². The highest BCUT2D eigenvalue weighted by Gasteiger charge is 2.53. The largest absolute Gasteiger partial charge is 0.306 e. The monoisotopic (exact) mass is 321 g/mol. The van der Waals surface area contributed by atoms with E-state index in [1.165, 1.54) is 56.3 Å². The Morgan fingerprint density at radius 1 is 1.21 bits per heavy atom. The van der Waals surface area contributed by atoms with E-state index in [9.17, 15) is 0 Å². The first kappa shape index (κ1) is 14.7. The lowest BCUT2D eigenvalue weighted by Crippen LogP contribution is -2.59. The van der Waals surface area contributed by atoms with Crippen molar-refractivity contribution in [3.8, 4) is 5.69 Å². The van der Waals surface area contributed by atoms with Crippen molar-refractivity contribution in [2.45, 2.75) is 56.9 Å². The Labute approximate surface area is 144 Å². The number of hydrogen-bond donors (Lipinski definition) is 0. The Bertz CT molecular complexity index is 764. The fraction of sp³-hybridized carbons (Fsp3) is 0.571. The number of piperidine rings is 1. The molecule has 5 rings (SSSR count). The van der Waals surface area contributed by atoms with Crippen LogP contribution in [0.4, 0.5) is 0 Å². The van der Waals surface area contributed by atoms with Crippen LogP contribution < -0.4 is 0 Å². The zero-order chi connectivity index (χ0) is 16.3. The average molecular weight is 321 g/mol. The number of imidazole rings is 1. The molecule has 0 N–H and O–H groups in total. The minimum absolute atomic E-state index is 0.460. The second-order valence-electron chi connectivity index (χ2n) is 8.28. The molecule has 1 saturated heterocycles. The molecule has 3 atom stereocenters. The topological polar surface area (TPSA) is 21.1 Å². The molecule has 2 bridgehead atoms. The van der Waals surface area contributed by atoms with Crippen LogP contribution in [0.15, 0.2) is 30.9 Å². The minimum Gasteiger partial charge on any atom is -0.306 e. The van der Waals surface area contributed by atoms with Gasteiger partial charge in [0.2, 0.25) is 0 Å². The molecule has 3 nitrogen and oxygen atoms in total. The molecule has 1 aliphatic heterocycles. The van der Waals surface area contributed by atoms with E-state index in [0.717, 1.165) is 12.0 Å². The Morgan fingerprint density at radius 2 is 2.12 bits per heavy atom. The Kier molecular flexibility index (Phi) is 3.18. The van der Waals surface area contributed by atoms with Crippen LogP contribution in [0.25, 0.3) is 5.69 Å². The molecule has 2 aromatic rings. The van der Waals surface area contributed by atoms with E-state index in [2.05, 4.69) is 46.8 Å². The molecule has 1 aromatic carbocycles. The van der Waals surface area contributed by atoms with Gasteiger partial charge < -0.3 is 9.47 Å². The van der Waals surface area contributed by atoms with Crippen molar-refractivity contribution in [3.63, 3.8) is 0 Å². The lowest BCUT2D eigenvalue weighted by atomic mass is 9.52. The van der Waals surface area contributed by atoms with Gasteiger partial charge in [-0.25, -0.2) is 4.98 Å². The normalized spacial score (nSPS) is 32.2. The molecule has 3 heteroatoms. The molecule has 0 radical (unpaired) electrons. The van der Waals surface area contributed by atoms with E-state index in [-0.39, 0.29) is 0 Å². The fourth-order valence-electron chi connectivity index (χ4n) is 6.03. The summed E-state index contributed by atoms with van der Waals surface area (Å²) in [5.74, 6) is 0.871. The third-order valence-corrected chi connectivity index (χ3v) is 7.21. The Balaban J connectivity index is 1.69. The molecule has 2 fully saturated rings. The predicted octanol–water partition coefficient (Wildman–Crippen LogP) is 3.87. The van der Waals surface area contributed by atoms with E-state index < -0.39 is 0 Å². The van der Waals surface area contributed by atoms with Crippen LogP contribution in [-0.2, 0) is 11.8 Å². The first-order valence-corrected chi connectivity index (χ1v) is 9.52. The molecule has 3 aliphatic rings. The second-order valence-corrected chi connectivity index (χ2v) is 8.28. The lowest BCUT2D eigenvalue weighted by Gasteiger charge is -2.58. The van der Waals surface area contributed by atoms with Gasteiger partial charge in [0, 0.05) is 29.5 Å². The van der Waals surface area contributed by atoms with Gasteiger partial charge in [0.1, 0.15) is 0 Å². The SMILES string of the molecule is Cc1cc2c(cc1-n1ccnc1)C[C@@H]1[C@H]3CCCC[C@]23CCN1C. The van der Waals surface area contributed by atoms with E-state index in [1.54, 1.807) is 11.1 Å². The summed E-state index contributed by atoms with van der Waals surface area (Å²) in [6, 6.07) is 5.74. The van der Waals surface area contributed by atoms with Crippen LogP contribution in [-0.4, -0.2) is 34.1 Å². The fourth-order valence-corrected chi connectivity index (χ4v) is 6.03. The standard InChI is InChI=1S/C21H27N3/c1-15-11-18-16(12-19(15)24-10-8-22-14-24)13-20-17-5-3-4-6-21(17,18)7-9-23(20)2/h8,10-12,14,17,20H,3-7,9,13H2,1-2H3/t17-,20-,21-/m1/s1. The summed E-state index contributed by atoms with van der Waals surface area (Å²) in [4.78, 5) is 6.89. The van der Waals surface area contributed by atoms with Crippen molar-refractivity contribution >= 4 is 0 Å². The highest BCUT2D eigenvalue weighted by atomic mass is 15.2. The molecular weight excluding hydrogens is 294 g/mol. The van der Waals surface area contributed by atoms with E-state index in [1.807, 2.05) is 12.5 Å². The molecule has 0 spiro atoms. The summed E-state index contributed by atoms with van der Waals surface area (Å²) >= 11 is 0. The Hall–Kier alpha value is -1.61. The van der Waals surface area contributed by atoms with Gasteiger partial charge in [-0.3, -0.25) is 0 Å². The molecule has 126 valence electrons. The number of rotatable bonds is 1. The average Bonchev–Trinajstić information content (AvgIpc) is 3.12. The molecule has 0 amide bonds. The van der Waals surface area contributed by atoms with E-state index in [0.29, 0.717) is 5.41 Å². The summed E-state index contributed by atoms with van der Waals surface area (Å²) in [6.45, 7) is 3.54. The van der Waals surface area contributed by atoms with E-state index in [4.69, 9.17) is 0 Å². The maximum absolute atomic E-state index is 4.24. The number of hydrogen-bond acceptors (Lipinski definition) is 2. The van der Waals surface area contributed by atoms with Crippen LogP contribution in [0.1, 0.15) is 48.8 Å². The third kappa shape index (κ3) is 1.91. The van der Waals surface area contributed by atoms with Gasteiger partial charge >= 0.3 is 0 Å². The number of aryl methyl sites for hydroxylation is 1. The molecule has 1 saturated carbocycles. The van der Waals surface area contributed by atoms with E-state index >= 15 is 0 Å². The number of benzene rings is 1. The van der Waals surface area contributed by atoms with Crippen molar-refractivity contribution in [2.75, 3.05) is 13.6 Å². The predicted molar refractivity (Wildman–Crippen MR) is 96.7 cm³/mol. The second kappa shape index (κ2) is 5.19. The summed E-state index contributed by atoms with van der Waals surface area (Å²) in [7, 11) is 2.35. The van der Waals surface area contributed by atoms with Crippen LogP contribution in [0, 0.1) is 12.8 Å². The molecule has 1 aromatic heterocycles. The maximum Gasteiger partial charge on any atom is 0.0991 e. The summed E-state index contributed by atoms with van der Waals surface area (Å²) < 4.78 is 2.17. The van der Waals surface area contributed by atoms with Gasteiger partial charge in [-0.2, -0.15) is 0 Å². The van der Waals surface area contributed by atoms with Crippen LogP contribution in [0.3, 0.4) is 0 Å². The van der Waals surface area contributed by atoms with Crippen molar-refractivity contribution in [1.82, 2.24) is 14.5 Å². The van der Waals surface area contributed by atoms with Gasteiger partial charge in [0.05, 0.1) is 6.33 Å². The third-order valence-electron chi connectivity index (χ3n) is 7.21. The lowest BCUT2D eigenvalue weighted by molar-refractivity contribution is 0.00283. The van der Waals surface area contributed by atoms with Gasteiger partial charge in [0.15, 0.2) is 0 Å². The Morgan fingerprint density at radius 3 is 2.96 bits per heavy atom. The van der Waals surface area contributed by atoms with Crippen molar-refractivity contribution < 1.29 is 0 Å². The van der Waals surface area contributed by atoms with Gasteiger partial charge in [-0.15, -0.1) is 0 Å². The van der Waals surface area contributed by atoms with Gasteiger partial charge in [-0.05, 0) is 74.9 Å². The number of likely N-dealkylation sites (N-methyl/N-ethyl adjacent to an activating group) is 1. The van der Waals surface area contributed by atoms with Gasteiger partial charge in [0.25, 0.3) is 0 Å².